The zero-order valence-electron chi connectivity index (χ0n) is 12.3. The number of hydrogen-bond acceptors (Lipinski definition) is 5. The molecule has 0 aliphatic carbocycles. The lowest BCUT2D eigenvalue weighted by Gasteiger charge is -2.26. The van der Waals surface area contributed by atoms with E-state index in [0.717, 1.165) is 0 Å². The van der Waals surface area contributed by atoms with Crippen molar-refractivity contribution in [3.05, 3.63) is 35.9 Å². The van der Waals surface area contributed by atoms with Crippen LogP contribution in [0.25, 0.3) is 0 Å². The van der Waals surface area contributed by atoms with Crippen molar-refractivity contribution in [2.24, 2.45) is 0 Å². The summed E-state index contributed by atoms with van der Waals surface area (Å²) in [6.07, 6.45) is -1.90. The van der Waals surface area contributed by atoms with Gasteiger partial charge in [0.2, 0.25) is 5.91 Å². The molecule has 1 aliphatic heterocycles. The lowest BCUT2D eigenvalue weighted by atomic mass is 9.96. The molecule has 1 aliphatic rings. The predicted molar refractivity (Wildman–Crippen MR) is 78.2 cm³/mol. The number of rotatable bonds is 5. The number of ether oxygens (including phenoxy) is 1. The fraction of sp³-hybridized carbons (Fsp3) is 0.467. The van der Waals surface area contributed by atoms with Gasteiger partial charge in [-0.1, -0.05) is 18.2 Å². The largest absolute Gasteiger partial charge is 0.387 e. The molecule has 0 spiro atoms. The topological polar surface area (TPSA) is 108 Å². The minimum atomic E-state index is -1.58. The minimum Gasteiger partial charge on any atom is -0.387 e. The van der Waals surface area contributed by atoms with Crippen LogP contribution in [-0.4, -0.2) is 59.5 Å². The number of aliphatic hydroxyl groups excluding tert-OH is 1. The van der Waals surface area contributed by atoms with Gasteiger partial charge in [-0.2, -0.15) is 0 Å². The lowest BCUT2D eigenvalue weighted by molar-refractivity contribution is -0.119. The lowest BCUT2D eigenvalue weighted by Crippen LogP contribution is -2.53. The molecule has 120 valence electrons. The van der Waals surface area contributed by atoms with Crippen molar-refractivity contribution in [1.82, 2.24) is 10.6 Å². The molecule has 4 N–H and O–H groups in total. The molecule has 0 bridgehead atoms. The zero-order chi connectivity index (χ0) is 16.2. The van der Waals surface area contributed by atoms with Crippen LogP contribution in [0, 0.1) is 0 Å². The molecule has 1 aromatic rings. The van der Waals surface area contributed by atoms with Crippen LogP contribution in [0.1, 0.15) is 17.3 Å². The molecule has 2 amide bonds. The predicted octanol–water partition coefficient (Wildman–Crippen LogP) is -0.957. The van der Waals surface area contributed by atoms with Crippen LogP contribution >= 0.6 is 0 Å². The number of benzene rings is 1. The summed E-state index contributed by atoms with van der Waals surface area (Å²) < 4.78 is 5.30. The van der Waals surface area contributed by atoms with Crippen LogP contribution in [-0.2, 0) is 9.53 Å². The molecule has 0 aromatic heterocycles. The summed E-state index contributed by atoms with van der Waals surface area (Å²) in [7, 11) is 0. The Balaban J connectivity index is 1.89. The molecule has 22 heavy (non-hydrogen) atoms. The summed E-state index contributed by atoms with van der Waals surface area (Å²) in [5.41, 5.74) is -1.11. The summed E-state index contributed by atoms with van der Waals surface area (Å²) in [4.78, 5) is 22.8. The van der Waals surface area contributed by atoms with E-state index in [9.17, 15) is 19.8 Å². The van der Waals surface area contributed by atoms with E-state index in [1.165, 1.54) is 6.92 Å². The second kappa shape index (κ2) is 6.87. The Morgan fingerprint density at radius 1 is 1.32 bits per heavy atom. The first-order chi connectivity index (χ1) is 10.4. The first-order valence-electron chi connectivity index (χ1n) is 7.02. The standard InChI is InChI=1S/C15H20N2O5/c1-10(18)16-7-12-13(19)15(21,9-22-12)8-17-14(20)11-5-3-2-4-6-11/h2-6,12-13,19,21H,7-9H2,1H3,(H,16,18)(H,17,20)/t12-,13+,15-/m1/s1. The number of aliphatic hydroxyl groups is 2. The Morgan fingerprint density at radius 3 is 2.64 bits per heavy atom. The van der Waals surface area contributed by atoms with Gasteiger partial charge >= 0.3 is 0 Å². The van der Waals surface area contributed by atoms with Crippen molar-refractivity contribution in [1.29, 1.82) is 0 Å². The van der Waals surface area contributed by atoms with E-state index in [1.54, 1.807) is 30.3 Å². The summed E-state index contributed by atoms with van der Waals surface area (Å²) in [5, 5.41) is 25.6. The molecule has 3 atom stereocenters. The minimum absolute atomic E-state index is 0.103. The highest BCUT2D eigenvalue weighted by Crippen LogP contribution is 2.24. The molecule has 2 rings (SSSR count). The first-order valence-corrected chi connectivity index (χ1v) is 7.02. The Labute approximate surface area is 128 Å². The monoisotopic (exact) mass is 308 g/mol. The fourth-order valence-electron chi connectivity index (χ4n) is 2.27. The van der Waals surface area contributed by atoms with Crippen molar-refractivity contribution in [3.63, 3.8) is 0 Å². The third kappa shape index (κ3) is 3.82. The van der Waals surface area contributed by atoms with E-state index in [-0.39, 0.29) is 31.5 Å². The molecule has 1 aromatic carbocycles. The van der Waals surface area contributed by atoms with Crippen LogP contribution in [0.3, 0.4) is 0 Å². The molecule has 1 heterocycles. The quantitative estimate of drug-likeness (QED) is 0.560. The third-order valence-electron chi connectivity index (χ3n) is 3.59. The van der Waals surface area contributed by atoms with Gasteiger partial charge in [0, 0.05) is 19.0 Å². The molecular formula is C15H20N2O5. The Bertz CT molecular complexity index is 536. The molecule has 1 saturated heterocycles. The van der Waals surface area contributed by atoms with Crippen molar-refractivity contribution in [2.45, 2.75) is 24.7 Å². The van der Waals surface area contributed by atoms with E-state index in [0.29, 0.717) is 5.56 Å². The van der Waals surface area contributed by atoms with Gasteiger partial charge in [0.05, 0.1) is 13.2 Å². The van der Waals surface area contributed by atoms with Crippen LogP contribution in [0.2, 0.25) is 0 Å². The van der Waals surface area contributed by atoms with E-state index < -0.39 is 17.8 Å². The number of nitrogens with one attached hydrogen (secondary N) is 2. The average molecular weight is 308 g/mol. The van der Waals surface area contributed by atoms with Gasteiger partial charge in [0.1, 0.15) is 17.8 Å². The Morgan fingerprint density at radius 2 is 2.00 bits per heavy atom. The van der Waals surface area contributed by atoms with E-state index in [1.807, 2.05) is 0 Å². The molecule has 1 fully saturated rings. The summed E-state index contributed by atoms with van der Waals surface area (Å²) in [5.74, 6) is -0.588. The maximum Gasteiger partial charge on any atom is 0.251 e. The van der Waals surface area contributed by atoms with Gasteiger partial charge in [-0.25, -0.2) is 0 Å². The summed E-state index contributed by atoms with van der Waals surface area (Å²) in [6, 6.07) is 8.58. The molecular weight excluding hydrogens is 288 g/mol. The van der Waals surface area contributed by atoms with Crippen molar-refractivity contribution in [2.75, 3.05) is 19.7 Å². The average Bonchev–Trinajstić information content (AvgIpc) is 2.80. The van der Waals surface area contributed by atoms with Gasteiger partial charge in [-0.05, 0) is 12.1 Å². The highest BCUT2D eigenvalue weighted by molar-refractivity contribution is 5.94. The third-order valence-corrected chi connectivity index (χ3v) is 3.59. The van der Waals surface area contributed by atoms with E-state index >= 15 is 0 Å². The number of hydrogen-bond donors (Lipinski definition) is 4. The van der Waals surface area contributed by atoms with Crippen LogP contribution in [0.15, 0.2) is 30.3 Å². The van der Waals surface area contributed by atoms with E-state index in [2.05, 4.69) is 10.6 Å². The van der Waals surface area contributed by atoms with Crippen molar-refractivity contribution in [3.8, 4) is 0 Å². The maximum absolute atomic E-state index is 11.9. The smallest absolute Gasteiger partial charge is 0.251 e. The number of amides is 2. The normalized spacial score (nSPS) is 27.4. The second-order valence-electron chi connectivity index (χ2n) is 5.38. The zero-order valence-corrected chi connectivity index (χ0v) is 12.3. The highest BCUT2D eigenvalue weighted by Gasteiger charge is 2.47. The first kappa shape index (κ1) is 16.4. The van der Waals surface area contributed by atoms with Crippen molar-refractivity contribution >= 4 is 11.8 Å². The molecule has 0 unspecified atom stereocenters. The van der Waals surface area contributed by atoms with Crippen molar-refractivity contribution < 1.29 is 24.5 Å². The molecule has 0 radical (unpaired) electrons. The number of carbonyl (C=O) groups excluding carboxylic acids is 2. The summed E-state index contributed by atoms with van der Waals surface area (Å²) >= 11 is 0. The van der Waals surface area contributed by atoms with Crippen LogP contribution < -0.4 is 10.6 Å². The van der Waals surface area contributed by atoms with E-state index in [4.69, 9.17) is 4.74 Å². The van der Waals surface area contributed by atoms with Gasteiger partial charge in [0.15, 0.2) is 0 Å². The molecule has 0 saturated carbocycles. The Kier molecular flexibility index (Phi) is 5.12. The molecule has 7 heteroatoms. The van der Waals surface area contributed by atoms with Gasteiger partial charge in [-0.15, -0.1) is 0 Å². The maximum atomic E-state index is 11.9. The molecule has 7 nitrogen and oxygen atoms in total. The van der Waals surface area contributed by atoms with Gasteiger partial charge < -0.3 is 25.6 Å². The highest BCUT2D eigenvalue weighted by atomic mass is 16.5. The Hall–Kier alpha value is -1.96. The number of carbonyl (C=O) groups is 2. The van der Waals surface area contributed by atoms with Gasteiger partial charge in [0.25, 0.3) is 5.91 Å². The van der Waals surface area contributed by atoms with Crippen LogP contribution in [0.5, 0.6) is 0 Å². The van der Waals surface area contributed by atoms with Crippen LogP contribution in [0.4, 0.5) is 0 Å². The SMILES string of the molecule is CC(=O)NC[C@H]1OC[C@](O)(CNC(=O)c2ccccc2)[C@H]1O. The fourth-order valence-corrected chi connectivity index (χ4v) is 2.27. The second-order valence-corrected chi connectivity index (χ2v) is 5.38. The summed E-state index contributed by atoms with van der Waals surface area (Å²) in [6.45, 7) is 1.20. The van der Waals surface area contributed by atoms with Gasteiger partial charge in [-0.3, -0.25) is 9.59 Å².